The van der Waals surface area contributed by atoms with Gasteiger partial charge in [-0.05, 0) is 42.2 Å². The fraction of sp³-hybridized carbons (Fsp3) is 0.130. The first kappa shape index (κ1) is 19.7. The van der Waals surface area contributed by atoms with Crippen LogP contribution < -0.4 is 0 Å². The van der Waals surface area contributed by atoms with Crippen LogP contribution in [0.5, 0.6) is 0 Å². The number of rotatable bonds is 3. The largest absolute Gasteiger partial charge is 0.367 e. The van der Waals surface area contributed by atoms with Gasteiger partial charge in [0.15, 0.2) is 0 Å². The zero-order valence-corrected chi connectivity index (χ0v) is 16.3. The zero-order chi connectivity index (χ0) is 21.1. The Bertz CT molecular complexity index is 1230. The van der Waals surface area contributed by atoms with E-state index in [-0.39, 0.29) is 24.2 Å². The van der Waals surface area contributed by atoms with Gasteiger partial charge in [-0.15, -0.1) is 0 Å². The first-order valence-electron chi connectivity index (χ1n) is 9.05. The van der Waals surface area contributed by atoms with E-state index in [0.717, 1.165) is 23.8 Å². The van der Waals surface area contributed by atoms with E-state index in [0.29, 0.717) is 10.6 Å². The second kappa shape index (κ2) is 8.41. The maximum absolute atomic E-state index is 14.5. The number of carbonyl (C=O) groups is 1. The lowest BCUT2D eigenvalue weighted by Crippen LogP contribution is -2.30. The van der Waals surface area contributed by atoms with Crippen molar-refractivity contribution in [3.05, 3.63) is 88.0 Å². The second-order valence-electron chi connectivity index (χ2n) is 6.59. The van der Waals surface area contributed by atoms with Gasteiger partial charge in [0, 0.05) is 46.7 Å². The lowest BCUT2D eigenvalue weighted by molar-refractivity contribution is 0.0696. The van der Waals surface area contributed by atoms with E-state index in [1.807, 2.05) is 0 Å². The van der Waals surface area contributed by atoms with Gasteiger partial charge in [0.05, 0.1) is 12.6 Å². The third-order valence-electron chi connectivity index (χ3n) is 4.73. The SMILES string of the molecule is O=C1c2nccc(Cl)c2CN1C(CC#CC#Cc1cc[nH]c1)c1cc(F)ccc1F. The Labute approximate surface area is 176 Å². The van der Waals surface area contributed by atoms with Crippen molar-refractivity contribution in [1.82, 2.24) is 14.9 Å². The minimum absolute atomic E-state index is 0.0418. The van der Waals surface area contributed by atoms with Crippen molar-refractivity contribution < 1.29 is 13.6 Å². The normalized spacial score (nSPS) is 13.2. The molecule has 7 heteroatoms. The average Bonchev–Trinajstić information content (AvgIpc) is 3.36. The van der Waals surface area contributed by atoms with Gasteiger partial charge in [-0.2, -0.15) is 0 Å². The van der Waals surface area contributed by atoms with Crippen LogP contribution in [-0.4, -0.2) is 20.8 Å². The first-order valence-corrected chi connectivity index (χ1v) is 9.43. The van der Waals surface area contributed by atoms with E-state index in [2.05, 4.69) is 33.6 Å². The molecular weight excluding hydrogens is 408 g/mol. The number of hydrogen-bond acceptors (Lipinski definition) is 2. The standard InChI is InChI=1S/C23H14ClF2N3O/c24-19-9-11-28-22-18(19)14-29(23(22)30)21(17-12-16(25)6-7-20(17)26)5-3-1-2-4-15-8-10-27-13-15/h6-13,21,27H,5,14H2. The maximum Gasteiger partial charge on any atom is 0.273 e. The summed E-state index contributed by atoms with van der Waals surface area (Å²) in [4.78, 5) is 21.3. The maximum atomic E-state index is 14.5. The van der Waals surface area contributed by atoms with E-state index < -0.39 is 23.6 Å². The molecule has 30 heavy (non-hydrogen) atoms. The lowest BCUT2D eigenvalue weighted by atomic mass is 10.0. The highest BCUT2D eigenvalue weighted by atomic mass is 35.5. The molecule has 1 unspecified atom stereocenters. The van der Waals surface area contributed by atoms with Crippen LogP contribution in [0.2, 0.25) is 5.02 Å². The van der Waals surface area contributed by atoms with E-state index in [9.17, 15) is 13.6 Å². The van der Waals surface area contributed by atoms with Gasteiger partial charge < -0.3 is 9.88 Å². The quantitative estimate of drug-likeness (QED) is 0.634. The summed E-state index contributed by atoms with van der Waals surface area (Å²) in [6, 6.07) is 5.72. The molecule has 1 aromatic carbocycles. The van der Waals surface area contributed by atoms with E-state index >= 15 is 0 Å². The number of carbonyl (C=O) groups excluding carboxylic acids is 1. The summed E-state index contributed by atoms with van der Waals surface area (Å²) >= 11 is 6.20. The Hall–Kier alpha value is -3.61. The summed E-state index contributed by atoms with van der Waals surface area (Å²) in [6.07, 6.45) is 4.99. The Morgan fingerprint density at radius 3 is 2.87 bits per heavy atom. The number of hydrogen-bond donors (Lipinski definition) is 1. The van der Waals surface area contributed by atoms with Crippen LogP contribution in [-0.2, 0) is 6.54 Å². The zero-order valence-electron chi connectivity index (χ0n) is 15.5. The number of aromatic amines is 1. The summed E-state index contributed by atoms with van der Waals surface area (Å²) in [5.41, 5.74) is 1.60. The first-order chi connectivity index (χ1) is 14.5. The molecule has 1 amide bonds. The fourth-order valence-electron chi connectivity index (χ4n) is 3.29. The van der Waals surface area contributed by atoms with Crippen LogP contribution in [0.15, 0.2) is 48.9 Å². The number of nitrogens with zero attached hydrogens (tertiary/aromatic N) is 2. The molecule has 148 valence electrons. The van der Waals surface area contributed by atoms with Gasteiger partial charge in [0.1, 0.15) is 17.3 Å². The molecule has 1 N–H and O–H groups in total. The lowest BCUT2D eigenvalue weighted by Gasteiger charge is -2.27. The molecule has 0 aliphatic carbocycles. The van der Waals surface area contributed by atoms with Gasteiger partial charge in [0.2, 0.25) is 0 Å². The number of H-pyrrole nitrogens is 1. The summed E-state index contributed by atoms with van der Waals surface area (Å²) < 4.78 is 28.4. The Morgan fingerprint density at radius 2 is 2.10 bits per heavy atom. The minimum atomic E-state index is -0.819. The highest BCUT2D eigenvalue weighted by molar-refractivity contribution is 6.32. The average molecular weight is 422 g/mol. The van der Waals surface area contributed by atoms with E-state index in [1.54, 1.807) is 24.5 Å². The molecular formula is C23H14ClF2N3O. The van der Waals surface area contributed by atoms with Crippen LogP contribution in [0.4, 0.5) is 8.78 Å². The number of nitrogens with one attached hydrogen (secondary N) is 1. The number of benzene rings is 1. The van der Waals surface area contributed by atoms with Crippen molar-refractivity contribution in [2.75, 3.05) is 0 Å². The smallest absolute Gasteiger partial charge is 0.273 e. The van der Waals surface area contributed by atoms with E-state index in [4.69, 9.17) is 11.6 Å². The highest BCUT2D eigenvalue weighted by Gasteiger charge is 2.36. The Balaban J connectivity index is 1.66. The van der Waals surface area contributed by atoms with Gasteiger partial charge in [-0.1, -0.05) is 23.4 Å². The summed E-state index contributed by atoms with van der Waals surface area (Å²) in [6.45, 7) is 0.137. The topological polar surface area (TPSA) is 49.0 Å². The second-order valence-corrected chi connectivity index (χ2v) is 7.00. The number of halogens is 3. The molecule has 4 rings (SSSR count). The third kappa shape index (κ3) is 3.91. The van der Waals surface area contributed by atoms with Crippen molar-refractivity contribution in [1.29, 1.82) is 0 Å². The van der Waals surface area contributed by atoms with Gasteiger partial charge in [-0.3, -0.25) is 9.78 Å². The Kier molecular flexibility index (Phi) is 5.52. The van der Waals surface area contributed by atoms with Gasteiger partial charge >= 0.3 is 0 Å². The summed E-state index contributed by atoms with van der Waals surface area (Å²) in [7, 11) is 0. The highest BCUT2D eigenvalue weighted by Crippen LogP contribution is 2.36. The van der Waals surface area contributed by atoms with Gasteiger partial charge in [-0.25, -0.2) is 8.78 Å². The van der Waals surface area contributed by atoms with Crippen LogP contribution in [0.1, 0.15) is 39.6 Å². The molecule has 0 bridgehead atoms. The molecule has 1 aliphatic heterocycles. The molecule has 0 radical (unpaired) electrons. The molecule has 2 aromatic heterocycles. The number of amides is 1. The van der Waals surface area contributed by atoms with Crippen molar-refractivity contribution in [2.45, 2.75) is 19.0 Å². The molecule has 0 fully saturated rings. The molecule has 1 atom stereocenters. The van der Waals surface area contributed by atoms with Crippen molar-refractivity contribution in [3.63, 3.8) is 0 Å². The van der Waals surface area contributed by atoms with Crippen LogP contribution in [0, 0.1) is 35.3 Å². The number of pyridine rings is 1. The van der Waals surface area contributed by atoms with Crippen molar-refractivity contribution >= 4 is 17.5 Å². The molecule has 0 spiro atoms. The van der Waals surface area contributed by atoms with Crippen LogP contribution in [0.3, 0.4) is 0 Å². The van der Waals surface area contributed by atoms with Crippen molar-refractivity contribution in [2.24, 2.45) is 0 Å². The number of fused-ring (bicyclic) bond motifs is 1. The molecule has 3 heterocycles. The summed E-state index contributed by atoms with van der Waals surface area (Å²) in [5.74, 6) is 9.52. The molecule has 3 aromatic rings. The van der Waals surface area contributed by atoms with Crippen LogP contribution in [0.25, 0.3) is 0 Å². The molecule has 1 aliphatic rings. The fourth-order valence-corrected chi connectivity index (χ4v) is 3.49. The monoisotopic (exact) mass is 421 g/mol. The minimum Gasteiger partial charge on any atom is -0.367 e. The molecule has 0 saturated carbocycles. The molecule has 0 saturated heterocycles. The van der Waals surface area contributed by atoms with Gasteiger partial charge in [0.25, 0.3) is 5.91 Å². The predicted octanol–water partition coefficient (Wildman–Crippen LogP) is 4.48. The molecule has 4 nitrogen and oxygen atoms in total. The van der Waals surface area contributed by atoms with E-state index in [1.165, 1.54) is 11.1 Å². The van der Waals surface area contributed by atoms with Crippen LogP contribution >= 0.6 is 11.6 Å². The summed E-state index contributed by atoms with van der Waals surface area (Å²) in [5, 5.41) is 0.401. The Morgan fingerprint density at radius 1 is 1.23 bits per heavy atom. The predicted molar refractivity (Wildman–Crippen MR) is 108 cm³/mol. The van der Waals surface area contributed by atoms with Crippen molar-refractivity contribution in [3.8, 4) is 23.7 Å². The number of aromatic nitrogens is 2. The third-order valence-corrected chi connectivity index (χ3v) is 5.09.